The second kappa shape index (κ2) is 8.85. The van der Waals surface area contributed by atoms with Crippen LogP contribution in [0.3, 0.4) is 0 Å². The summed E-state index contributed by atoms with van der Waals surface area (Å²) in [5.74, 6) is -0.805. The molecular weight excluding hydrogens is 440 g/mol. The fraction of sp³-hybridized carbons (Fsp3) is 0.423. The van der Waals surface area contributed by atoms with Crippen LogP contribution in [0.4, 0.5) is 0 Å². The molecule has 4 rings (SSSR count). The summed E-state index contributed by atoms with van der Waals surface area (Å²) >= 11 is 0. The summed E-state index contributed by atoms with van der Waals surface area (Å²) in [5, 5.41) is 42.3. The molecule has 34 heavy (non-hydrogen) atoms. The highest BCUT2D eigenvalue weighted by atomic mass is 16.5. The van der Waals surface area contributed by atoms with Gasteiger partial charge in [-0.3, -0.25) is 4.79 Å². The Morgan fingerprint density at radius 1 is 1.26 bits per heavy atom. The van der Waals surface area contributed by atoms with Gasteiger partial charge in [-0.05, 0) is 44.4 Å². The van der Waals surface area contributed by atoms with E-state index in [9.17, 15) is 25.2 Å². The summed E-state index contributed by atoms with van der Waals surface area (Å²) in [6, 6.07) is 5.92. The lowest BCUT2D eigenvalue weighted by Gasteiger charge is -2.32. The fourth-order valence-electron chi connectivity index (χ4n) is 4.64. The maximum absolute atomic E-state index is 13.0. The molecule has 1 fully saturated rings. The Hall–Kier alpha value is -3.23. The standard InChI is InChI=1S/C26H30O8/c1-13(2)19-7-8-26(3,34-19)23(30)10-15-17(28)11-22-24(25(15)31)18(29)12-20(33-22)14-5-6-16(27)21(9-14)32-4/h5-6,9,11,19-20,23,27-28,30-31H,1,7-8,10,12H2,2-4H3/t19?,20-,23?,26?/m0/s1. The van der Waals surface area contributed by atoms with Crippen molar-refractivity contribution < 1.29 is 39.4 Å². The molecule has 2 aliphatic heterocycles. The largest absolute Gasteiger partial charge is 0.507 e. The van der Waals surface area contributed by atoms with Gasteiger partial charge in [0.05, 0.1) is 31.3 Å². The van der Waals surface area contributed by atoms with Gasteiger partial charge in [-0.2, -0.15) is 0 Å². The molecule has 4 N–H and O–H groups in total. The van der Waals surface area contributed by atoms with E-state index in [1.165, 1.54) is 19.2 Å². The van der Waals surface area contributed by atoms with Crippen LogP contribution in [0.5, 0.6) is 28.7 Å². The van der Waals surface area contributed by atoms with Crippen molar-refractivity contribution in [1.82, 2.24) is 0 Å². The molecule has 182 valence electrons. The van der Waals surface area contributed by atoms with Crippen LogP contribution in [0, 0.1) is 0 Å². The van der Waals surface area contributed by atoms with E-state index in [2.05, 4.69) is 6.58 Å². The Morgan fingerprint density at radius 3 is 2.65 bits per heavy atom. The number of aromatic hydroxyl groups is 3. The molecule has 0 amide bonds. The second-order valence-electron chi connectivity index (χ2n) is 9.29. The highest BCUT2D eigenvalue weighted by Crippen LogP contribution is 2.46. The number of aliphatic hydroxyl groups excluding tert-OH is 1. The number of Topliss-reactive ketones (excluding diaryl/α,β-unsaturated/α-hetero) is 1. The van der Waals surface area contributed by atoms with E-state index < -0.39 is 23.6 Å². The van der Waals surface area contributed by atoms with Gasteiger partial charge in [0.15, 0.2) is 17.3 Å². The normalized spacial score (nSPS) is 24.9. The average molecular weight is 471 g/mol. The van der Waals surface area contributed by atoms with Gasteiger partial charge in [-0.1, -0.05) is 18.2 Å². The van der Waals surface area contributed by atoms with Crippen LogP contribution in [0.1, 0.15) is 60.7 Å². The number of phenolic OH excluding ortho intramolecular Hbond substituents is 3. The van der Waals surface area contributed by atoms with Crippen LogP contribution in [0.2, 0.25) is 0 Å². The first kappa shape index (κ1) is 23.9. The number of ketones is 1. The molecule has 1 saturated heterocycles. The molecule has 3 unspecified atom stereocenters. The topological polar surface area (TPSA) is 126 Å². The van der Waals surface area contributed by atoms with Crippen LogP contribution in [-0.4, -0.2) is 51.1 Å². The molecule has 0 radical (unpaired) electrons. The van der Waals surface area contributed by atoms with Crippen LogP contribution < -0.4 is 9.47 Å². The lowest BCUT2D eigenvalue weighted by molar-refractivity contribution is -0.0956. The smallest absolute Gasteiger partial charge is 0.174 e. The maximum atomic E-state index is 13.0. The Labute approximate surface area is 198 Å². The lowest BCUT2D eigenvalue weighted by atomic mass is 9.87. The number of benzene rings is 2. The predicted octanol–water partition coefficient (Wildman–Crippen LogP) is 3.94. The van der Waals surface area contributed by atoms with Gasteiger partial charge in [0.25, 0.3) is 0 Å². The average Bonchev–Trinajstić information content (AvgIpc) is 3.20. The van der Waals surface area contributed by atoms with Crippen LogP contribution in [0.15, 0.2) is 36.4 Å². The first-order valence-corrected chi connectivity index (χ1v) is 11.2. The summed E-state index contributed by atoms with van der Waals surface area (Å²) in [7, 11) is 1.42. The Balaban J connectivity index is 1.60. The van der Waals surface area contributed by atoms with E-state index in [-0.39, 0.29) is 58.9 Å². The fourth-order valence-corrected chi connectivity index (χ4v) is 4.64. The first-order valence-electron chi connectivity index (χ1n) is 11.2. The molecule has 2 heterocycles. The maximum Gasteiger partial charge on any atom is 0.174 e. The summed E-state index contributed by atoms with van der Waals surface area (Å²) in [4.78, 5) is 13.0. The summed E-state index contributed by atoms with van der Waals surface area (Å²) in [6.45, 7) is 7.58. The minimum Gasteiger partial charge on any atom is -0.507 e. The number of hydrogen-bond acceptors (Lipinski definition) is 8. The Bertz CT molecular complexity index is 1140. The number of fused-ring (bicyclic) bond motifs is 1. The second-order valence-corrected chi connectivity index (χ2v) is 9.29. The SMILES string of the molecule is C=C(C)C1CCC(C)(C(O)Cc2c(O)cc3c(c2O)C(=O)C[C@@H](c2ccc(O)c(OC)c2)O3)O1. The van der Waals surface area contributed by atoms with E-state index in [4.69, 9.17) is 14.2 Å². The highest BCUT2D eigenvalue weighted by Gasteiger charge is 2.43. The summed E-state index contributed by atoms with van der Waals surface area (Å²) in [6.07, 6.45) is -0.703. The molecule has 0 aliphatic carbocycles. The molecule has 8 nitrogen and oxygen atoms in total. The minimum atomic E-state index is -1.02. The van der Waals surface area contributed by atoms with Gasteiger partial charge in [0, 0.05) is 18.1 Å². The van der Waals surface area contributed by atoms with Crippen molar-refractivity contribution in [3.8, 4) is 28.7 Å². The monoisotopic (exact) mass is 470 g/mol. The predicted molar refractivity (Wildman–Crippen MR) is 124 cm³/mol. The van der Waals surface area contributed by atoms with Crippen molar-refractivity contribution in [3.05, 3.63) is 53.1 Å². The van der Waals surface area contributed by atoms with Crippen molar-refractivity contribution in [3.63, 3.8) is 0 Å². The Kier molecular flexibility index (Phi) is 6.22. The molecule has 0 bridgehead atoms. The lowest BCUT2D eigenvalue weighted by Crippen LogP contribution is -2.41. The van der Waals surface area contributed by atoms with E-state index in [1.54, 1.807) is 19.1 Å². The third kappa shape index (κ3) is 4.19. The minimum absolute atomic E-state index is 0.0284. The van der Waals surface area contributed by atoms with Crippen molar-refractivity contribution in [2.45, 2.75) is 63.4 Å². The molecule has 8 heteroatoms. The van der Waals surface area contributed by atoms with Crippen molar-refractivity contribution in [2.75, 3.05) is 7.11 Å². The highest BCUT2D eigenvalue weighted by molar-refractivity contribution is 6.03. The zero-order valence-electron chi connectivity index (χ0n) is 19.5. The molecule has 0 aromatic heterocycles. The van der Waals surface area contributed by atoms with Crippen LogP contribution in [-0.2, 0) is 11.2 Å². The zero-order valence-corrected chi connectivity index (χ0v) is 19.5. The zero-order chi connectivity index (χ0) is 24.8. The number of hydrogen-bond donors (Lipinski definition) is 4. The molecule has 2 aromatic carbocycles. The van der Waals surface area contributed by atoms with Gasteiger partial charge in [-0.25, -0.2) is 0 Å². The van der Waals surface area contributed by atoms with E-state index in [0.717, 1.165) is 12.0 Å². The van der Waals surface area contributed by atoms with Gasteiger partial charge < -0.3 is 34.6 Å². The van der Waals surface area contributed by atoms with Crippen molar-refractivity contribution in [1.29, 1.82) is 0 Å². The summed E-state index contributed by atoms with van der Waals surface area (Å²) < 4.78 is 17.1. The number of phenols is 3. The first-order chi connectivity index (χ1) is 16.0. The van der Waals surface area contributed by atoms with E-state index in [0.29, 0.717) is 12.0 Å². The number of methoxy groups -OCH3 is 1. The number of rotatable bonds is 6. The van der Waals surface area contributed by atoms with E-state index >= 15 is 0 Å². The third-order valence-electron chi connectivity index (χ3n) is 6.81. The number of ether oxygens (including phenoxy) is 3. The van der Waals surface area contributed by atoms with Crippen molar-refractivity contribution >= 4 is 5.78 Å². The molecular formula is C26H30O8. The number of aliphatic hydroxyl groups is 1. The van der Waals surface area contributed by atoms with Crippen molar-refractivity contribution in [2.24, 2.45) is 0 Å². The molecule has 4 atom stereocenters. The van der Waals surface area contributed by atoms with Crippen LogP contribution >= 0.6 is 0 Å². The number of carbonyl (C=O) groups is 1. The quantitative estimate of drug-likeness (QED) is 0.468. The van der Waals surface area contributed by atoms with Gasteiger partial charge >= 0.3 is 0 Å². The summed E-state index contributed by atoms with van der Waals surface area (Å²) in [5.41, 5.74) is 0.641. The molecule has 0 spiro atoms. The molecule has 2 aliphatic rings. The number of carbonyl (C=O) groups excluding carboxylic acids is 1. The molecule has 2 aromatic rings. The van der Waals surface area contributed by atoms with Gasteiger partial charge in [0.1, 0.15) is 28.9 Å². The van der Waals surface area contributed by atoms with Gasteiger partial charge in [0.2, 0.25) is 0 Å². The van der Waals surface area contributed by atoms with Gasteiger partial charge in [-0.15, -0.1) is 0 Å². The molecule has 0 saturated carbocycles. The Morgan fingerprint density at radius 2 is 2.00 bits per heavy atom. The van der Waals surface area contributed by atoms with E-state index in [1.807, 2.05) is 6.92 Å². The third-order valence-corrected chi connectivity index (χ3v) is 6.81. The van der Waals surface area contributed by atoms with Crippen LogP contribution in [0.25, 0.3) is 0 Å².